The molecule has 0 aliphatic carbocycles. The molecule has 2 aliphatic heterocycles. The summed E-state index contributed by atoms with van der Waals surface area (Å²) in [5, 5.41) is 0. The van der Waals surface area contributed by atoms with Crippen LogP contribution in [-0.4, -0.2) is 97.1 Å². The lowest BCUT2D eigenvalue weighted by Crippen LogP contribution is -2.52. The first-order valence-corrected chi connectivity index (χ1v) is 9.14. The highest BCUT2D eigenvalue weighted by atomic mass is 32.2. The van der Waals surface area contributed by atoms with Gasteiger partial charge in [0.1, 0.15) is 0 Å². The lowest BCUT2D eigenvalue weighted by atomic mass is 10.2. The maximum absolute atomic E-state index is 12.6. The minimum absolute atomic E-state index is 0.0106. The summed E-state index contributed by atoms with van der Waals surface area (Å²) in [4.78, 5) is 26.0. The third-order valence-electron chi connectivity index (χ3n) is 4.02. The van der Waals surface area contributed by atoms with Gasteiger partial charge in [-0.15, -0.1) is 11.8 Å². The Kier molecular flexibility index (Phi) is 7.25. The zero-order valence-corrected chi connectivity index (χ0v) is 14.8. The molecule has 0 saturated carbocycles. The molecule has 0 aromatic heterocycles. The van der Waals surface area contributed by atoms with E-state index in [-0.39, 0.29) is 37.8 Å². The molecule has 0 spiro atoms. The van der Waals surface area contributed by atoms with Crippen molar-refractivity contribution in [2.75, 3.05) is 50.9 Å². The van der Waals surface area contributed by atoms with Crippen molar-refractivity contribution < 1.29 is 45.4 Å². The first-order chi connectivity index (χ1) is 12.5. The molecule has 2 amide bonds. The van der Waals surface area contributed by atoms with Crippen LogP contribution in [-0.2, 0) is 19.1 Å². The summed E-state index contributed by atoms with van der Waals surface area (Å²) in [6, 6.07) is 0. The van der Waals surface area contributed by atoms with Crippen molar-refractivity contribution >= 4 is 23.6 Å². The standard InChI is InChI=1S/C14H18F6N2O4S/c15-13(16,17)9-5-21(1-3-25-9)11(23)7-27-8-12(24)22-2-4-26-10(6-22)14(18,19)20/h9-10H,1-8H2. The van der Waals surface area contributed by atoms with E-state index in [9.17, 15) is 35.9 Å². The number of hydrogen-bond acceptors (Lipinski definition) is 5. The molecule has 0 aromatic carbocycles. The van der Waals surface area contributed by atoms with E-state index in [0.717, 1.165) is 21.6 Å². The van der Waals surface area contributed by atoms with Gasteiger partial charge in [0.15, 0.2) is 12.2 Å². The molecule has 0 radical (unpaired) electrons. The molecule has 2 aliphatic rings. The van der Waals surface area contributed by atoms with Crippen LogP contribution in [0, 0.1) is 0 Å². The smallest absolute Gasteiger partial charge is 0.365 e. The summed E-state index contributed by atoms with van der Waals surface area (Å²) in [6.07, 6.45) is -13.2. The fourth-order valence-corrected chi connectivity index (χ4v) is 3.37. The Morgan fingerprint density at radius 1 is 0.815 bits per heavy atom. The maximum Gasteiger partial charge on any atom is 0.416 e. The van der Waals surface area contributed by atoms with Crippen molar-refractivity contribution in [1.82, 2.24) is 9.80 Å². The number of ether oxygens (including phenoxy) is 2. The fourth-order valence-electron chi connectivity index (χ4n) is 2.56. The number of carbonyl (C=O) groups is 2. The van der Waals surface area contributed by atoms with E-state index in [0.29, 0.717) is 0 Å². The van der Waals surface area contributed by atoms with E-state index >= 15 is 0 Å². The lowest BCUT2D eigenvalue weighted by molar-refractivity contribution is -0.236. The molecular weight excluding hydrogens is 406 g/mol. The third-order valence-corrected chi connectivity index (χ3v) is 4.92. The number of hydrogen-bond donors (Lipinski definition) is 0. The zero-order chi connectivity index (χ0) is 20.2. The summed E-state index contributed by atoms with van der Waals surface area (Å²) in [7, 11) is 0. The van der Waals surface area contributed by atoms with Crippen LogP contribution in [0.4, 0.5) is 26.3 Å². The van der Waals surface area contributed by atoms with Crippen LogP contribution in [0.15, 0.2) is 0 Å². The Hall–Kier alpha value is -1.21. The number of thioether (sulfide) groups is 1. The predicted molar refractivity (Wildman–Crippen MR) is 82.1 cm³/mol. The van der Waals surface area contributed by atoms with Crippen molar-refractivity contribution in [3.63, 3.8) is 0 Å². The Morgan fingerprint density at radius 3 is 1.52 bits per heavy atom. The lowest BCUT2D eigenvalue weighted by Gasteiger charge is -2.34. The molecule has 2 atom stereocenters. The molecule has 2 fully saturated rings. The summed E-state index contributed by atoms with van der Waals surface area (Å²) < 4.78 is 85.1. The predicted octanol–water partition coefficient (Wildman–Crippen LogP) is 1.30. The molecule has 13 heteroatoms. The molecule has 0 aromatic rings. The van der Waals surface area contributed by atoms with E-state index in [1.807, 2.05) is 0 Å². The van der Waals surface area contributed by atoms with Gasteiger partial charge in [0, 0.05) is 13.1 Å². The second-order valence-electron chi connectivity index (χ2n) is 5.97. The maximum atomic E-state index is 12.6. The summed E-state index contributed by atoms with van der Waals surface area (Å²) >= 11 is 0.848. The van der Waals surface area contributed by atoms with Crippen LogP contribution in [0.25, 0.3) is 0 Å². The number of amides is 2. The van der Waals surface area contributed by atoms with E-state index in [1.54, 1.807) is 0 Å². The van der Waals surface area contributed by atoms with Crippen LogP contribution in [0.1, 0.15) is 0 Å². The zero-order valence-electron chi connectivity index (χ0n) is 14.0. The van der Waals surface area contributed by atoms with Crippen molar-refractivity contribution in [2.45, 2.75) is 24.6 Å². The monoisotopic (exact) mass is 424 g/mol. The SMILES string of the molecule is O=C(CSCC(=O)N1CCOC(C(F)(F)F)C1)N1CCOC(C(F)(F)F)C1. The highest BCUT2D eigenvalue weighted by Gasteiger charge is 2.45. The highest BCUT2D eigenvalue weighted by molar-refractivity contribution is 8.00. The van der Waals surface area contributed by atoms with Gasteiger partial charge in [-0.25, -0.2) is 0 Å². The van der Waals surface area contributed by atoms with Crippen molar-refractivity contribution in [3.05, 3.63) is 0 Å². The van der Waals surface area contributed by atoms with Gasteiger partial charge in [0.25, 0.3) is 0 Å². The Balaban J connectivity index is 1.75. The summed E-state index contributed by atoms with van der Waals surface area (Å²) in [5.74, 6) is -1.66. The molecule has 0 N–H and O–H groups in total. The molecule has 2 heterocycles. The van der Waals surface area contributed by atoms with E-state index in [4.69, 9.17) is 0 Å². The minimum atomic E-state index is -4.58. The quantitative estimate of drug-likeness (QED) is 0.637. The Morgan fingerprint density at radius 2 is 1.19 bits per heavy atom. The fraction of sp³-hybridized carbons (Fsp3) is 0.857. The molecule has 2 rings (SSSR count). The second kappa shape index (κ2) is 8.86. The molecule has 0 bridgehead atoms. The summed E-state index contributed by atoms with van der Waals surface area (Å²) in [6.45, 7) is -1.70. The van der Waals surface area contributed by atoms with E-state index in [1.165, 1.54) is 0 Å². The minimum Gasteiger partial charge on any atom is -0.365 e. The van der Waals surface area contributed by atoms with Crippen LogP contribution >= 0.6 is 11.8 Å². The van der Waals surface area contributed by atoms with Gasteiger partial charge in [-0.1, -0.05) is 0 Å². The van der Waals surface area contributed by atoms with Gasteiger partial charge in [-0.05, 0) is 0 Å². The number of morpholine rings is 2. The van der Waals surface area contributed by atoms with Crippen LogP contribution in [0.5, 0.6) is 0 Å². The molecular formula is C14H18F6N2O4S. The van der Waals surface area contributed by atoms with Gasteiger partial charge in [-0.3, -0.25) is 9.59 Å². The number of alkyl halides is 6. The number of carbonyl (C=O) groups excluding carboxylic acids is 2. The normalized spacial score (nSPS) is 24.8. The first-order valence-electron chi connectivity index (χ1n) is 7.98. The number of halogens is 6. The Labute approximate surface area is 155 Å². The topological polar surface area (TPSA) is 59.1 Å². The number of rotatable bonds is 4. The average Bonchev–Trinajstić information content (AvgIpc) is 2.60. The molecule has 156 valence electrons. The first kappa shape index (κ1) is 22.1. The van der Waals surface area contributed by atoms with Crippen molar-refractivity contribution in [2.24, 2.45) is 0 Å². The molecule has 2 saturated heterocycles. The van der Waals surface area contributed by atoms with Crippen molar-refractivity contribution in [3.8, 4) is 0 Å². The summed E-state index contributed by atoms with van der Waals surface area (Å²) in [5.41, 5.74) is 0. The van der Waals surface area contributed by atoms with Gasteiger partial charge in [0.05, 0.1) is 37.8 Å². The van der Waals surface area contributed by atoms with Crippen LogP contribution in [0.2, 0.25) is 0 Å². The van der Waals surface area contributed by atoms with Gasteiger partial charge in [-0.2, -0.15) is 26.3 Å². The third kappa shape index (κ3) is 6.42. The Bertz CT molecular complexity index is 499. The molecule has 27 heavy (non-hydrogen) atoms. The van der Waals surface area contributed by atoms with Crippen molar-refractivity contribution in [1.29, 1.82) is 0 Å². The average molecular weight is 424 g/mol. The largest absolute Gasteiger partial charge is 0.416 e. The second-order valence-corrected chi connectivity index (χ2v) is 6.96. The van der Waals surface area contributed by atoms with E-state index < -0.39 is 49.5 Å². The number of nitrogens with zero attached hydrogens (tertiary/aromatic N) is 2. The van der Waals surface area contributed by atoms with Gasteiger partial charge < -0.3 is 19.3 Å². The molecule has 2 unspecified atom stereocenters. The van der Waals surface area contributed by atoms with Gasteiger partial charge >= 0.3 is 12.4 Å². The van der Waals surface area contributed by atoms with Crippen LogP contribution in [0.3, 0.4) is 0 Å². The molecule has 6 nitrogen and oxygen atoms in total. The van der Waals surface area contributed by atoms with Gasteiger partial charge in [0.2, 0.25) is 11.8 Å². The van der Waals surface area contributed by atoms with E-state index in [2.05, 4.69) is 9.47 Å². The van der Waals surface area contributed by atoms with Crippen LogP contribution < -0.4 is 0 Å². The highest BCUT2D eigenvalue weighted by Crippen LogP contribution is 2.27.